The van der Waals surface area contributed by atoms with E-state index in [4.69, 9.17) is 0 Å². The van der Waals surface area contributed by atoms with Gasteiger partial charge in [0, 0.05) is 6.04 Å². The van der Waals surface area contributed by atoms with Gasteiger partial charge in [0.1, 0.15) is 6.04 Å². The van der Waals surface area contributed by atoms with Crippen LogP contribution in [0, 0.1) is 0 Å². The van der Waals surface area contributed by atoms with Gasteiger partial charge in [-0.3, -0.25) is 19.3 Å². The Labute approximate surface area is 151 Å². The molecular weight excluding hydrogens is 348 g/mol. The molecule has 10 heteroatoms. The quantitative estimate of drug-likeness (QED) is 0.716. The zero-order valence-corrected chi connectivity index (χ0v) is 15.1. The summed E-state index contributed by atoms with van der Waals surface area (Å²) in [4.78, 5) is 37.6. The lowest BCUT2D eigenvalue weighted by molar-refractivity contribution is -0.140. The Kier molecular flexibility index (Phi) is 6.12. The van der Waals surface area contributed by atoms with E-state index in [2.05, 4.69) is 20.9 Å². The highest BCUT2D eigenvalue weighted by Gasteiger charge is 2.41. The number of hydrogen-bond acceptors (Lipinski definition) is 6. The second-order valence-electron chi connectivity index (χ2n) is 6.49. The lowest BCUT2D eigenvalue weighted by atomic mass is 10.1. The maximum atomic E-state index is 12.3. The van der Waals surface area contributed by atoms with Crippen molar-refractivity contribution in [2.24, 2.45) is 0 Å². The SMILES string of the molecule is CC(C)N1C(=O)CC(NC(=O)c2cn(C3CCNCC3)nn2)C1=O.Cl. The summed E-state index contributed by atoms with van der Waals surface area (Å²) in [7, 11) is 0. The van der Waals surface area contributed by atoms with Gasteiger partial charge in [0.15, 0.2) is 5.69 Å². The molecule has 0 aromatic carbocycles. The molecule has 2 fully saturated rings. The second-order valence-corrected chi connectivity index (χ2v) is 6.49. The monoisotopic (exact) mass is 370 g/mol. The molecule has 3 amide bonds. The first-order chi connectivity index (χ1) is 11.5. The molecule has 2 aliphatic heterocycles. The molecule has 1 unspecified atom stereocenters. The fourth-order valence-electron chi connectivity index (χ4n) is 3.17. The third-order valence-electron chi connectivity index (χ3n) is 4.43. The van der Waals surface area contributed by atoms with E-state index in [0.717, 1.165) is 25.9 Å². The number of halogens is 1. The number of nitrogens with one attached hydrogen (secondary N) is 2. The number of carbonyl (C=O) groups is 3. The molecule has 3 heterocycles. The van der Waals surface area contributed by atoms with E-state index in [9.17, 15) is 14.4 Å². The molecule has 0 bridgehead atoms. The van der Waals surface area contributed by atoms with Gasteiger partial charge < -0.3 is 10.6 Å². The van der Waals surface area contributed by atoms with Gasteiger partial charge in [0.25, 0.3) is 11.8 Å². The van der Waals surface area contributed by atoms with Crippen molar-refractivity contribution in [2.75, 3.05) is 13.1 Å². The van der Waals surface area contributed by atoms with Gasteiger partial charge in [-0.2, -0.15) is 0 Å². The van der Waals surface area contributed by atoms with Crippen molar-refractivity contribution in [1.82, 2.24) is 30.5 Å². The lowest BCUT2D eigenvalue weighted by Crippen LogP contribution is -2.43. The molecule has 0 radical (unpaired) electrons. The third kappa shape index (κ3) is 3.98. The lowest BCUT2D eigenvalue weighted by Gasteiger charge is -2.22. The molecule has 138 valence electrons. The average Bonchev–Trinajstić information content (AvgIpc) is 3.14. The minimum absolute atomic E-state index is 0. The molecule has 0 aliphatic carbocycles. The number of nitrogens with zero attached hydrogens (tertiary/aromatic N) is 4. The average molecular weight is 371 g/mol. The summed E-state index contributed by atoms with van der Waals surface area (Å²) in [5.41, 5.74) is 0.164. The topological polar surface area (TPSA) is 109 Å². The Bertz CT molecular complexity index is 655. The highest BCUT2D eigenvalue weighted by Crippen LogP contribution is 2.18. The van der Waals surface area contributed by atoms with Crippen LogP contribution in [0.25, 0.3) is 0 Å². The molecule has 25 heavy (non-hydrogen) atoms. The summed E-state index contributed by atoms with van der Waals surface area (Å²) in [5.74, 6) is -1.11. The number of rotatable bonds is 4. The highest BCUT2D eigenvalue weighted by atomic mass is 35.5. The Hall–Kier alpha value is -2.00. The van der Waals surface area contributed by atoms with E-state index in [1.807, 2.05) is 0 Å². The molecule has 0 spiro atoms. The van der Waals surface area contributed by atoms with E-state index >= 15 is 0 Å². The van der Waals surface area contributed by atoms with Crippen LogP contribution in [-0.2, 0) is 9.59 Å². The molecule has 2 saturated heterocycles. The van der Waals surface area contributed by atoms with E-state index in [0.29, 0.717) is 0 Å². The first-order valence-electron chi connectivity index (χ1n) is 8.26. The van der Waals surface area contributed by atoms with Crippen LogP contribution in [0.3, 0.4) is 0 Å². The Morgan fingerprint density at radius 1 is 1.32 bits per heavy atom. The fourth-order valence-corrected chi connectivity index (χ4v) is 3.17. The number of amides is 3. The zero-order chi connectivity index (χ0) is 17.3. The van der Waals surface area contributed by atoms with E-state index in [1.165, 1.54) is 4.90 Å². The van der Waals surface area contributed by atoms with Gasteiger partial charge in [0.2, 0.25) is 5.91 Å². The molecule has 1 aromatic rings. The number of carbonyl (C=O) groups excluding carboxylic acids is 3. The Balaban J connectivity index is 0.00000225. The smallest absolute Gasteiger partial charge is 0.274 e. The van der Waals surface area contributed by atoms with Gasteiger partial charge in [0.05, 0.1) is 18.7 Å². The van der Waals surface area contributed by atoms with Crippen molar-refractivity contribution in [3.05, 3.63) is 11.9 Å². The zero-order valence-electron chi connectivity index (χ0n) is 14.3. The van der Waals surface area contributed by atoms with Crippen LogP contribution in [-0.4, -0.2) is 62.8 Å². The molecule has 1 aromatic heterocycles. The summed E-state index contributed by atoms with van der Waals surface area (Å²) >= 11 is 0. The maximum absolute atomic E-state index is 12.3. The number of piperidine rings is 1. The van der Waals surface area contributed by atoms with E-state index < -0.39 is 11.9 Å². The predicted octanol–water partition coefficient (Wildman–Crippen LogP) is -0.110. The van der Waals surface area contributed by atoms with Crippen molar-refractivity contribution < 1.29 is 14.4 Å². The Morgan fingerprint density at radius 2 is 2.00 bits per heavy atom. The molecule has 2 aliphatic rings. The van der Waals surface area contributed by atoms with Crippen LogP contribution in [0.2, 0.25) is 0 Å². The van der Waals surface area contributed by atoms with Gasteiger partial charge in [-0.05, 0) is 39.8 Å². The molecule has 0 saturated carbocycles. The standard InChI is InChI=1S/C15H22N6O3.ClH/c1-9(2)21-13(22)7-11(15(21)24)17-14(23)12-8-20(19-18-12)10-3-5-16-6-4-10;/h8-11,16H,3-7H2,1-2H3,(H,17,23);1H. The van der Waals surface area contributed by atoms with Crippen molar-refractivity contribution in [3.8, 4) is 0 Å². The van der Waals surface area contributed by atoms with Crippen LogP contribution in [0.15, 0.2) is 6.20 Å². The summed E-state index contributed by atoms with van der Waals surface area (Å²) in [6.45, 7) is 5.36. The number of hydrogen-bond donors (Lipinski definition) is 2. The van der Waals surface area contributed by atoms with E-state index in [1.54, 1.807) is 24.7 Å². The Morgan fingerprint density at radius 3 is 2.60 bits per heavy atom. The van der Waals surface area contributed by atoms with Crippen molar-refractivity contribution in [3.63, 3.8) is 0 Å². The van der Waals surface area contributed by atoms with Crippen LogP contribution in [0.5, 0.6) is 0 Å². The summed E-state index contributed by atoms with van der Waals surface area (Å²) in [6, 6.07) is -0.810. The van der Waals surface area contributed by atoms with Gasteiger partial charge in [-0.25, -0.2) is 4.68 Å². The van der Waals surface area contributed by atoms with Gasteiger partial charge >= 0.3 is 0 Å². The fraction of sp³-hybridized carbons (Fsp3) is 0.667. The third-order valence-corrected chi connectivity index (χ3v) is 4.43. The number of imide groups is 1. The highest BCUT2D eigenvalue weighted by molar-refractivity contribution is 6.08. The normalized spacial score (nSPS) is 21.6. The predicted molar refractivity (Wildman–Crippen MR) is 91.3 cm³/mol. The molecule has 3 rings (SSSR count). The van der Waals surface area contributed by atoms with Crippen LogP contribution < -0.4 is 10.6 Å². The van der Waals surface area contributed by atoms with Crippen LogP contribution in [0.1, 0.15) is 49.6 Å². The minimum Gasteiger partial charge on any atom is -0.338 e. The van der Waals surface area contributed by atoms with Crippen molar-refractivity contribution >= 4 is 30.1 Å². The van der Waals surface area contributed by atoms with Crippen molar-refractivity contribution in [2.45, 2.75) is 51.2 Å². The number of likely N-dealkylation sites (tertiary alicyclic amines) is 1. The molecule has 1 atom stereocenters. The van der Waals surface area contributed by atoms with Crippen LogP contribution >= 0.6 is 12.4 Å². The molecule has 2 N–H and O–H groups in total. The largest absolute Gasteiger partial charge is 0.338 e. The van der Waals surface area contributed by atoms with Crippen LogP contribution in [0.4, 0.5) is 0 Å². The van der Waals surface area contributed by atoms with Gasteiger partial charge in [-0.15, -0.1) is 17.5 Å². The van der Waals surface area contributed by atoms with Crippen molar-refractivity contribution in [1.29, 1.82) is 0 Å². The maximum Gasteiger partial charge on any atom is 0.274 e. The second kappa shape index (κ2) is 7.92. The summed E-state index contributed by atoms with van der Waals surface area (Å²) in [5, 5.41) is 13.8. The number of aromatic nitrogens is 3. The minimum atomic E-state index is -0.823. The first-order valence-corrected chi connectivity index (χ1v) is 8.26. The molecule has 9 nitrogen and oxygen atoms in total. The first kappa shape index (κ1) is 19.3. The van der Waals surface area contributed by atoms with Gasteiger partial charge in [-0.1, -0.05) is 5.21 Å². The summed E-state index contributed by atoms with van der Waals surface area (Å²) in [6.07, 6.45) is 3.46. The molecular formula is C15H23ClN6O3. The summed E-state index contributed by atoms with van der Waals surface area (Å²) < 4.78 is 1.71. The van der Waals surface area contributed by atoms with E-state index in [-0.39, 0.29) is 48.4 Å².